The third-order valence-electron chi connectivity index (χ3n) is 7.63. The second-order valence-corrected chi connectivity index (χ2v) is 10.8. The Morgan fingerprint density at radius 1 is 0.786 bits per heavy atom. The first-order chi connectivity index (χ1) is 20.4. The molecule has 1 aliphatic carbocycles. The van der Waals surface area contributed by atoms with Crippen LogP contribution in [0.2, 0.25) is 0 Å². The summed E-state index contributed by atoms with van der Waals surface area (Å²) in [6, 6.07) is 18.6. The number of carboxylic acids is 1. The first-order valence-electron chi connectivity index (χ1n) is 15.1. The van der Waals surface area contributed by atoms with Gasteiger partial charge in [-0.05, 0) is 85.3 Å². The number of aromatic carboxylic acids is 1. The average molecular weight is 573 g/mol. The van der Waals surface area contributed by atoms with E-state index < -0.39 is 17.9 Å². The fourth-order valence-corrected chi connectivity index (χ4v) is 5.20. The Hall–Kier alpha value is -4.13. The maximum atomic E-state index is 12.8. The van der Waals surface area contributed by atoms with Gasteiger partial charge in [-0.2, -0.15) is 0 Å². The molecular weight excluding hydrogens is 532 g/mol. The van der Waals surface area contributed by atoms with E-state index in [1.54, 1.807) is 42.5 Å². The maximum Gasteiger partial charge on any atom is 0.343 e. The highest BCUT2D eigenvalue weighted by Gasteiger charge is 2.28. The summed E-state index contributed by atoms with van der Waals surface area (Å²) in [4.78, 5) is 37.0. The van der Waals surface area contributed by atoms with Gasteiger partial charge in [0.05, 0.1) is 18.1 Å². The molecule has 0 bridgehead atoms. The molecule has 0 saturated carbocycles. The average Bonchev–Trinajstić information content (AvgIpc) is 3.00. The minimum Gasteiger partial charge on any atom is -0.494 e. The number of para-hydroxylation sites is 1. The Kier molecular flexibility index (Phi) is 11.6. The standard InChI is InChI=1S/C35H40O7/c1-2-3-4-5-6-7-8-11-22-40-29-19-16-25(17-20-29)34(38)41-30-21-18-26-23-28(15-14-27(26)24-30)35(39)42-32-13-10-9-12-31(32)33(36)37/h9-10,12-13,16-21,24,28H,2-8,11,14-15,22-23H2,1H3,(H,36,37). The Bertz CT molecular complexity index is 1350. The van der Waals surface area contributed by atoms with Crippen molar-refractivity contribution in [2.45, 2.75) is 77.6 Å². The monoisotopic (exact) mass is 572 g/mol. The summed E-state index contributed by atoms with van der Waals surface area (Å²) < 4.78 is 16.9. The molecule has 1 N–H and O–H groups in total. The zero-order chi connectivity index (χ0) is 29.7. The molecule has 1 aliphatic rings. The lowest BCUT2D eigenvalue weighted by atomic mass is 9.84. The molecule has 1 atom stereocenters. The van der Waals surface area contributed by atoms with Crippen LogP contribution in [0.5, 0.6) is 17.2 Å². The third kappa shape index (κ3) is 8.93. The highest BCUT2D eigenvalue weighted by atomic mass is 16.5. The molecule has 3 aromatic carbocycles. The van der Waals surface area contributed by atoms with Crippen molar-refractivity contribution >= 4 is 17.9 Å². The van der Waals surface area contributed by atoms with Gasteiger partial charge in [0, 0.05) is 0 Å². The van der Waals surface area contributed by atoms with Crippen molar-refractivity contribution in [1.82, 2.24) is 0 Å². The van der Waals surface area contributed by atoms with Crippen LogP contribution in [0.15, 0.2) is 66.7 Å². The van der Waals surface area contributed by atoms with E-state index in [2.05, 4.69) is 6.92 Å². The first-order valence-corrected chi connectivity index (χ1v) is 15.1. The van der Waals surface area contributed by atoms with Crippen LogP contribution in [-0.2, 0) is 17.6 Å². The van der Waals surface area contributed by atoms with Crippen LogP contribution in [0.25, 0.3) is 0 Å². The Morgan fingerprint density at radius 2 is 1.48 bits per heavy atom. The lowest BCUT2D eigenvalue weighted by Gasteiger charge is -2.23. The quantitative estimate of drug-likeness (QED) is 0.113. The molecule has 42 heavy (non-hydrogen) atoms. The zero-order valence-electron chi connectivity index (χ0n) is 24.3. The van der Waals surface area contributed by atoms with Crippen molar-refractivity contribution in [2.24, 2.45) is 5.92 Å². The molecule has 222 valence electrons. The Morgan fingerprint density at radius 3 is 2.21 bits per heavy atom. The summed E-state index contributed by atoms with van der Waals surface area (Å²) in [5.41, 5.74) is 2.39. The van der Waals surface area contributed by atoms with Gasteiger partial charge in [-0.1, -0.05) is 70.1 Å². The first kappa shape index (κ1) is 30.8. The molecule has 0 radical (unpaired) electrons. The molecule has 1 unspecified atom stereocenters. The summed E-state index contributed by atoms with van der Waals surface area (Å²) in [6.45, 7) is 2.90. The van der Waals surface area contributed by atoms with E-state index in [1.807, 2.05) is 12.1 Å². The number of fused-ring (bicyclic) bond motifs is 1. The fourth-order valence-electron chi connectivity index (χ4n) is 5.20. The van der Waals surface area contributed by atoms with Crippen molar-refractivity contribution in [3.05, 3.63) is 89.0 Å². The normalized spacial score (nSPS) is 14.1. The van der Waals surface area contributed by atoms with Gasteiger partial charge in [-0.3, -0.25) is 4.79 Å². The van der Waals surface area contributed by atoms with Gasteiger partial charge >= 0.3 is 17.9 Å². The van der Waals surface area contributed by atoms with Gasteiger partial charge in [0.1, 0.15) is 22.8 Å². The predicted octanol–water partition coefficient (Wildman–Crippen LogP) is 7.83. The number of hydrogen-bond donors (Lipinski definition) is 1. The number of benzene rings is 3. The van der Waals surface area contributed by atoms with E-state index in [0.717, 1.165) is 23.3 Å². The molecule has 0 heterocycles. The number of unbranched alkanes of at least 4 members (excludes halogenated alkanes) is 7. The maximum absolute atomic E-state index is 12.8. The van der Waals surface area contributed by atoms with E-state index in [0.29, 0.717) is 37.2 Å². The fraction of sp³-hybridized carbons (Fsp3) is 0.400. The van der Waals surface area contributed by atoms with Crippen LogP contribution in [-0.4, -0.2) is 29.6 Å². The number of rotatable bonds is 15. The topological polar surface area (TPSA) is 99.1 Å². The number of carboxylic acid groups (broad SMARTS) is 1. The number of carbonyl (C=O) groups excluding carboxylic acids is 2. The molecule has 3 aromatic rings. The van der Waals surface area contributed by atoms with Crippen LogP contribution in [0, 0.1) is 5.92 Å². The molecule has 0 fully saturated rings. The summed E-state index contributed by atoms with van der Waals surface area (Å²) in [5, 5.41) is 9.34. The largest absolute Gasteiger partial charge is 0.494 e. The van der Waals surface area contributed by atoms with Crippen LogP contribution >= 0.6 is 0 Å². The van der Waals surface area contributed by atoms with Crippen LogP contribution < -0.4 is 14.2 Å². The lowest BCUT2D eigenvalue weighted by Crippen LogP contribution is -2.27. The van der Waals surface area contributed by atoms with Gasteiger partial charge in [0.25, 0.3) is 0 Å². The summed E-state index contributed by atoms with van der Waals surface area (Å²) >= 11 is 0. The number of hydrogen-bond acceptors (Lipinski definition) is 6. The highest BCUT2D eigenvalue weighted by molar-refractivity contribution is 5.92. The highest BCUT2D eigenvalue weighted by Crippen LogP contribution is 2.31. The van der Waals surface area contributed by atoms with E-state index in [9.17, 15) is 19.5 Å². The zero-order valence-corrected chi connectivity index (χ0v) is 24.3. The number of ether oxygens (including phenoxy) is 3. The Balaban J connectivity index is 1.22. The van der Waals surface area contributed by atoms with Gasteiger partial charge < -0.3 is 19.3 Å². The lowest BCUT2D eigenvalue weighted by molar-refractivity contribution is -0.139. The van der Waals surface area contributed by atoms with Crippen molar-refractivity contribution in [1.29, 1.82) is 0 Å². The summed E-state index contributed by atoms with van der Waals surface area (Å²) in [6.07, 6.45) is 11.6. The van der Waals surface area contributed by atoms with Gasteiger partial charge in [-0.25, -0.2) is 9.59 Å². The van der Waals surface area contributed by atoms with Crippen LogP contribution in [0.3, 0.4) is 0 Å². The molecule has 7 heteroatoms. The SMILES string of the molecule is CCCCCCCCCCOc1ccc(C(=O)Oc2ccc3c(c2)CCC(C(=O)Oc2ccccc2C(=O)O)C3)cc1. The molecule has 0 saturated heterocycles. The minimum atomic E-state index is -1.15. The number of carbonyl (C=O) groups is 3. The van der Waals surface area contributed by atoms with Crippen molar-refractivity contribution in [2.75, 3.05) is 6.61 Å². The van der Waals surface area contributed by atoms with E-state index >= 15 is 0 Å². The van der Waals surface area contributed by atoms with Crippen LogP contribution in [0.4, 0.5) is 0 Å². The van der Waals surface area contributed by atoms with E-state index in [4.69, 9.17) is 14.2 Å². The molecule has 0 spiro atoms. The predicted molar refractivity (Wildman–Crippen MR) is 160 cm³/mol. The second-order valence-electron chi connectivity index (χ2n) is 10.8. The molecule has 7 nitrogen and oxygen atoms in total. The number of aryl methyl sites for hydroxylation is 1. The Labute approximate surface area is 247 Å². The minimum absolute atomic E-state index is 0.0468. The van der Waals surface area contributed by atoms with Crippen molar-refractivity contribution in [3.63, 3.8) is 0 Å². The third-order valence-corrected chi connectivity index (χ3v) is 7.63. The molecule has 4 rings (SSSR count). The van der Waals surface area contributed by atoms with Crippen molar-refractivity contribution < 1.29 is 33.7 Å². The van der Waals surface area contributed by atoms with E-state index in [-0.39, 0.29) is 17.2 Å². The molecule has 0 aliphatic heterocycles. The number of esters is 2. The van der Waals surface area contributed by atoms with Gasteiger partial charge in [0.2, 0.25) is 0 Å². The smallest absolute Gasteiger partial charge is 0.343 e. The van der Waals surface area contributed by atoms with Gasteiger partial charge in [-0.15, -0.1) is 0 Å². The molecule has 0 aromatic heterocycles. The van der Waals surface area contributed by atoms with Crippen molar-refractivity contribution in [3.8, 4) is 17.2 Å². The molecular formula is C35H40O7. The van der Waals surface area contributed by atoms with E-state index in [1.165, 1.54) is 57.1 Å². The summed E-state index contributed by atoms with van der Waals surface area (Å²) in [7, 11) is 0. The van der Waals surface area contributed by atoms with Gasteiger partial charge in [0.15, 0.2) is 0 Å². The summed E-state index contributed by atoms with van der Waals surface area (Å²) in [5.74, 6) is -1.19. The molecule has 0 amide bonds. The van der Waals surface area contributed by atoms with Crippen LogP contribution in [0.1, 0.15) is 96.6 Å². The second kappa shape index (κ2) is 15.8.